The number of benzene rings is 1. The molecule has 1 fully saturated rings. The molecule has 2 heterocycles. The summed E-state index contributed by atoms with van der Waals surface area (Å²) in [6, 6.07) is 5.59. The van der Waals surface area contributed by atoms with Crippen LogP contribution in [0.2, 0.25) is 0 Å². The van der Waals surface area contributed by atoms with Crippen LogP contribution in [-0.4, -0.2) is 46.0 Å². The normalized spacial score (nSPS) is 23.0. The number of nitrogens with one attached hydrogen (secondary N) is 2. The van der Waals surface area contributed by atoms with Crippen LogP contribution in [0.5, 0.6) is 5.75 Å². The van der Waals surface area contributed by atoms with Crippen molar-refractivity contribution in [3.63, 3.8) is 0 Å². The number of nitrogens with zero attached hydrogens (tertiary/aromatic N) is 2. The zero-order valence-electron chi connectivity index (χ0n) is 13.1. The molecule has 3 rings (SSSR count). The van der Waals surface area contributed by atoms with E-state index >= 15 is 0 Å². The van der Waals surface area contributed by atoms with E-state index in [1.807, 2.05) is 0 Å². The zero-order chi connectivity index (χ0) is 18.0. The zero-order valence-corrected chi connectivity index (χ0v) is 13.9. The molecular formula is C16H16N4O4S. The summed E-state index contributed by atoms with van der Waals surface area (Å²) in [5, 5.41) is 9.73. The Balaban J connectivity index is 1.93. The van der Waals surface area contributed by atoms with Crippen molar-refractivity contribution in [2.75, 3.05) is 6.61 Å². The fourth-order valence-electron chi connectivity index (χ4n) is 2.73. The summed E-state index contributed by atoms with van der Waals surface area (Å²) >= 11 is 5.37. The van der Waals surface area contributed by atoms with Gasteiger partial charge in [0, 0.05) is 0 Å². The van der Waals surface area contributed by atoms with E-state index in [1.165, 1.54) is 11.2 Å². The standard InChI is InChI=1S/C16H16N4O4S/c1-2-6-24-10-5-3-4-9(7-10)12(16(22)23)20-8-17-13-11(15(20)25)14(21)19-18-13/h2-5,7-8,11-13,18H,1,6H2,(H,19,21)(H,22,23). The van der Waals surface area contributed by atoms with Crippen LogP contribution < -0.4 is 15.6 Å². The minimum Gasteiger partial charge on any atom is -0.490 e. The highest BCUT2D eigenvalue weighted by Crippen LogP contribution is 2.29. The summed E-state index contributed by atoms with van der Waals surface area (Å²) in [4.78, 5) is 29.6. The van der Waals surface area contributed by atoms with Gasteiger partial charge in [-0.2, -0.15) is 0 Å². The topological polar surface area (TPSA) is 103 Å². The number of hydrogen-bond donors (Lipinski definition) is 3. The van der Waals surface area contributed by atoms with E-state index in [0.717, 1.165) is 0 Å². The molecule has 0 aliphatic carbocycles. The minimum absolute atomic E-state index is 0.201. The lowest BCUT2D eigenvalue weighted by Crippen LogP contribution is -2.48. The summed E-state index contributed by atoms with van der Waals surface area (Å²) in [5.41, 5.74) is 5.64. The van der Waals surface area contributed by atoms with E-state index in [0.29, 0.717) is 17.9 Å². The van der Waals surface area contributed by atoms with Gasteiger partial charge in [-0.05, 0) is 17.7 Å². The number of hydrogen-bond acceptors (Lipinski definition) is 6. The van der Waals surface area contributed by atoms with Gasteiger partial charge in [0.25, 0.3) is 0 Å². The average molecular weight is 360 g/mol. The van der Waals surface area contributed by atoms with E-state index in [2.05, 4.69) is 22.4 Å². The number of fused-ring (bicyclic) bond motifs is 1. The number of carbonyl (C=O) groups is 2. The number of carboxylic acids is 1. The predicted molar refractivity (Wildman–Crippen MR) is 94.0 cm³/mol. The Morgan fingerprint density at radius 3 is 3.08 bits per heavy atom. The predicted octanol–water partition coefficient (Wildman–Crippen LogP) is 0.625. The molecule has 130 valence electrons. The lowest BCUT2D eigenvalue weighted by molar-refractivity contribution is -0.141. The Morgan fingerprint density at radius 2 is 2.36 bits per heavy atom. The third kappa shape index (κ3) is 3.24. The van der Waals surface area contributed by atoms with Crippen LogP contribution in [0.25, 0.3) is 0 Å². The summed E-state index contributed by atoms with van der Waals surface area (Å²) in [6.07, 6.45) is 2.43. The molecule has 0 saturated carbocycles. The molecule has 25 heavy (non-hydrogen) atoms. The second kappa shape index (κ2) is 6.99. The Kier molecular flexibility index (Phi) is 4.77. The maximum atomic E-state index is 11.9. The SMILES string of the molecule is C=CCOc1cccc(C(C(=O)O)N2C=NC3NNC(=O)C3C2=S)c1. The van der Waals surface area contributed by atoms with Crippen molar-refractivity contribution in [1.82, 2.24) is 15.8 Å². The number of rotatable bonds is 6. The lowest BCUT2D eigenvalue weighted by atomic mass is 10.0. The Morgan fingerprint density at radius 1 is 1.56 bits per heavy atom. The fourth-order valence-corrected chi connectivity index (χ4v) is 3.12. The number of ether oxygens (including phenoxy) is 1. The van der Waals surface area contributed by atoms with Gasteiger partial charge in [0.2, 0.25) is 5.91 Å². The highest BCUT2D eigenvalue weighted by molar-refractivity contribution is 7.80. The monoisotopic (exact) mass is 360 g/mol. The van der Waals surface area contributed by atoms with Gasteiger partial charge >= 0.3 is 5.97 Å². The fraction of sp³-hybridized carbons (Fsp3) is 0.250. The molecule has 3 unspecified atom stereocenters. The first kappa shape index (κ1) is 17.1. The van der Waals surface area contributed by atoms with Crippen LogP contribution in [0.3, 0.4) is 0 Å². The van der Waals surface area contributed by atoms with Crippen molar-refractivity contribution in [2.24, 2.45) is 10.9 Å². The largest absolute Gasteiger partial charge is 0.490 e. The highest BCUT2D eigenvalue weighted by atomic mass is 32.1. The molecule has 1 aromatic rings. The molecule has 0 aromatic heterocycles. The Hall–Kier alpha value is -2.78. The number of amides is 1. The quantitative estimate of drug-likeness (QED) is 0.505. The molecule has 1 saturated heterocycles. The van der Waals surface area contributed by atoms with Gasteiger partial charge in [-0.15, -0.1) is 0 Å². The second-order valence-electron chi connectivity index (χ2n) is 5.48. The molecule has 3 atom stereocenters. The maximum absolute atomic E-state index is 11.9. The Labute approximate surface area is 149 Å². The minimum atomic E-state index is -1.11. The molecule has 3 N–H and O–H groups in total. The van der Waals surface area contributed by atoms with E-state index in [-0.39, 0.29) is 10.9 Å². The van der Waals surface area contributed by atoms with Crippen LogP contribution in [0.4, 0.5) is 0 Å². The molecule has 9 heteroatoms. The number of carboxylic acid groups (broad SMARTS) is 1. The van der Waals surface area contributed by atoms with Crippen LogP contribution in [-0.2, 0) is 9.59 Å². The molecule has 2 aliphatic heterocycles. The number of thiocarbonyl (C=S) groups is 1. The van der Waals surface area contributed by atoms with Gasteiger partial charge < -0.3 is 14.7 Å². The van der Waals surface area contributed by atoms with E-state index < -0.39 is 24.1 Å². The van der Waals surface area contributed by atoms with Crippen molar-refractivity contribution in [2.45, 2.75) is 12.2 Å². The third-order valence-corrected chi connectivity index (χ3v) is 4.33. The molecule has 0 bridgehead atoms. The molecule has 8 nitrogen and oxygen atoms in total. The highest BCUT2D eigenvalue weighted by Gasteiger charge is 2.45. The molecule has 2 aliphatic rings. The summed E-state index contributed by atoms with van der Waals surface area (Å²) in [7, 11) is 0. The molecule has 1 aromatic carbocycles. The van der Waals surface area contributed by atoms with Gasteiger partial charge in [0.15, 0.2) is 6.04 Å². The first-order valence-electron chi connectivity index (χ1n) is 7.50. The Bertz CT molecular complexity index is 766. The van der Waals surface area contributed by atoms with E-state index in [1.54, 1.807) is 30.3 Å². The van der Waals surface area contributed by atoms with Gasteiger partial charge in [0.05, 0.1) is 6.34 Å². The smallest absolute Gasteiger partial charge is 0.331 e. The maximum Gasteiger partial charge on any atom is 0.331 e. The van der Waals surface area contributed by atoms with Crippen LogP contribution in [0.15, 0.2) is 41.9 Å². The lowest BCUT2D eigenvalue weighted by Gasteiger charge is -2.33. The van der Waals surface area contributed by atoms with Gasteiger partial charge in [-0.3, -0.25) is 15.2 Å². The number of hydrazine groups is 1. The van der Waals surface area contributed by atoms with Crippen molar-refractivity contribution >= 4 is 35.4 Å². The summed E-state index contributed by atoms with van der Waals surface area (Å²) in [5.74, 6) is -1.65. The molecule has 1 amide bonds. The number of aliphatic carboxylic acids is 1. The van der Waals surface area contributed by atoms with Crippen molar-refractivity contribution in [3.8, 4) is 5.75 Å². The first-order chi connectivity index (χ1) is 12.0. The number of aliphatic imine (C=N–C) groups is 1. The first-order valence-corrected chi connectivity index (χ1v) is 7.91. The molecular weight excluding hydrogens is 344 g/mol. The number of carbonyl (C=O) groups excluding carboxylic acids is 1. The van der Waals surface area contributed by atoms with E-state index in [9.17, 15) is 14.7 Å². The van der Waals surface area contributed by atoms with E-state index in [4.69, 9.17) is 17.0 Å². The molecule has 0 spiro atoms. The van der Waals surface area contributed by atoms with Gasteiger partial charge in [-0.1, -0.05) is 37.0 Å². The average Bonchev–Trinajstić information content (AvgIpc) is 2.97. The van der Waals surface area contributed by atoms with Gasteiger partial charge in [-0.25, -0.2) is 10.2 Å². The second-order valence-corrected chi connectivity index (χ2v) is 5.90. The van der Waals surface area contributed by atoms with Crippen LogP contribution in [0.1, 0.15) is 11.6 Å². The summed E-state index contributed by atoms with van der Waals surface area (Å²) < 4.78 is 5.46. The van der Waals surface area contributed by atoms with Crippen molar-refractivity contribution in [3.05, 3.63) is 42.5 Å². The van der Waals surface area contributed by atoms with Crippen LogP contribution in [0, 0.1) is 5.92 Å². The third-order valence-electron chi connectivity index (χ3n) is 3.87. The molecule has 0 radical (unpaired) electrons. The van der Waals surface area contributed by atoms with Gasteiger partial charge in [0.1, 0.15) is 29.4 Å². The van der Waals surface area contributed by atoms with Crippen molar-refractivity contribution in [1.29, 1.82) is 0 Å². The van der Waals surface area contributed by atoms with Crippen LogP contribution >= 0.6 is 12.2 Å². The van der Waals surface area contributed by atoms with Crippen molar-refractivity contribution < 1.29 is 19.4 Å². The summed E-state index contributed by atoms with van der Waals surface area (Å²) in [6.45, 7) is 3.88.